The smallest absolute Gasteiger partial charge is 0.320 e. The predicted molar refractivity (Wildman–Crippen MR) is 56.3 cm³/mol. The second-order valence-corrected chi connectivity index (χ2v) is 3.48. The number of ether oxygens (including phenoxy) is 2. The van der Waals surface area contributed by atoms with E-state index >= 15 is 0 Å². The minimum absolute atomic E-state index is 0.0790. The highest BCUT2D eigenvalue weighted by Crippen LogP contribution is 2.12. The van der Waals surface area contributed by atoms with E-state index in [2.05, 4.69) is 11.2 Å². The van der Waals surface area contributed by atoms with Crippen LogP contribution in [-0.4, -0.2) is 38.4 Å². The van der Waals surface area contributed by atoms with Crippen LogP contribution in [-0.2, 0) is 14.3 Å². The number of esters is 1. The van der Waals surface area contributed by atoms with Gasteiger partial charge in [0.25, 0.3) is 0 Å². The van der Waals surface area contributed by atoms with Gasteiger partial charge in [-0.15, -0.1) is 6.42 Å². The first kappa shape index (κ1) is 12.0. The third kappa shape index (κ3) is 5.40. The number of carbonyl (C=O) groups is 1. The zero-order chi connectivity index (χ0) is 10.9. The van der Waals surface area contributed by atoms with Crippen LogP contribution in [0.3, 0.4) is 0 Å². The van der Waals surface area contributed by atoms with Crippen molar-refractivity contribution >= 4 is 5.97 Å². The average molecular weight is 211 g/mol. The number of rotatable bonds is 5. The lowest BCUT2D eigenvalue weighted by atomic mass is 10.1. The molecule has 0 spiro atoms. The Balaban J connectivity index is 2.03. The van der Waals surface area contributed by atoms with Crippen molar-refractivity contribution in [3.05, 3.63) is 0 Å². The van der Waals surface area contributed by atoms with Crippen molar-refractivity contribution in [3.63, 3.8) is 0 Å². The summed E-state index contributed by atoms with van der Waals surface area (Å²) in [6.07, 6.45) is 8.33. The molecule has 1 aliphatic rings. The molecule has 1 heterocycles. The van der Waals surface area contributed by atoms with E-state index in [0.29, 0.717) is 13.2 Å². The topological polar surface area (TPSA) is 47.6 Å². The van der Waals surface area contributed by atoms with Gasteiger partial charge < -0.3 is 9.47 Å². The molecule has 4 nitrogen and oxygen atoms in total. The second-order valence-electron chi connectivity index (χ2n) is 3.48. The standard InChI is InChI=1S/C11H17NO3/c1-2-6-12-8-11(13)15-9-10-5-3-4-7-14-10/h1,10,12H,3-9H2. The fourth-order valence-corrected chi connectivity index (χ4v) is 1.41. The summed E-state index contributed by atoms with van der Waals surface area (Å²) in [7, 11) is 0. The summed E-state index contributed by atoms with van der Waals surface area (Å²) in [6, 6.07) is 0. The molecule has 0 aromatic carbocycles. The number of terminal acetylenes is 1. The Labute approximate surface area is 90.3 Å². The van der Waals surface area contributed by atoms with Crippen LogP contribution in [0.15, 0.2) is 0 Å². The predicted octanol–water partition coefficient (Wildman–Crippen LogP) is 0.321. The Morgan fingerprint density at radius 3 is 3.13 bits per heavy atom. The summed E-state index contributed by atoms with van der Waals surface area (Å²) >= 11 is 0. The van der Waals surface area contributed by atoms with Crippen molar-refractivity contribution in [1.82, 2.24) is 5.32 Å². The fourth-order valence-electron chi connectivity index (χ4n) is 1.41. The molecule has 1 N–H and O–H groups in total. The molecule has 1 unspecified atom stereocenters. The van der Waals surface area contributed by atoms with Gasteiger partial charge in [0.2, 0.25) is 0 Å². The SMILES string of the molecule is C#CCNCC(=O)OCC1CCCCO1. The molecule has 0 amide bonds. The molecule has 0 aromatic rings. The van der Waals surface area contributed by atoms with Crippen molar-refractivity contribution < 1.29 is 14.3 Å². The normalized spacial score (nSPS) is 20.6. The Morgan fingerprint density at radius 1 is 1.60 bits per heavy atom. The first-order valence-corrected chi connectivity index (χ1v) is 5.24. The maximum Gasteiger partial charge on any atom is 0.320 e. The summed E-state index contributed by atoms with van der Waals surface area (Å²) in [6.45, 7) is 1.68. The molecular formula is C11H17NO3. The van der Waals surface area contributed by atoms with Crippen LogP contribution in [0, 0.1) is 12.3 Å². The van der Waals surface area contributed by atoms with Crippen LogP contribution in [0.25, 0.3) is 0 Å². The van der Waals surface area contributed by atoms with Crippen molar-refractivity contribution in [2.24, 2.45) is 0 Å². The molecule has 15 heavy (non-hydrogen) atoms. The van der Waals surface area contributed by atoms with E-state index in [1.54, 1.807) is 0 Å². The molecule has 1 saturated heterocycles. The molecule has 1 rings (SSSR count). The van der Waals surface area contributed by atoms with Gasteiger partial charge in [0.05, 0.1) is 19.2 Å². The molecule has 0 saturated carbocycles. The van der Waals surface area contributed by atoms with Crippen LogP contribution in [0.5, 0.6) is 0 Å². The average Bonchev–Trinajstić information content (AvgIpc) is 2.28. The summed E-state index contributed by atoms with van der Waals surface area (Å²) in [5.41, 5.74) is 0. The highest BCUT2D eigenvalue weighted by atomic mass is 16.6. The van der Waals surface area contributed by atoms with Crippen LogP contribution in [0.4, 0.5) is 0 Å². The van der Waals surface area contributed by atoms with Gasteiger partial charge in [0.15, 0.2) is 0 Å². The number of nitrogens with one attached hydrogen (secondary N) is 1. The van der Waals surface area contributed by atoms with Crippen LogP contribution in [0.1, 0.15) is 19.3 Å². The van der Waals surface area contributed by atoms with E-state index in [1.165, 1.54) is 0 Å². The molecule has 0 bridgehead atoms. The maximum atomic E-state index is 11.2. The Kier molecular flexibility index (Phi) is 5.83. The van der Waals surface area contributed by atoms with Crippen LogP contribution in [0.2, 0.25) is 0 Å². The Hall–Kier alpha value is -1.05. The molecule has 0 radical (unpaired) electrons. The third-order valence-electron chi connectivity index (χ3n) is 2.20. The Bertz CT molecular complexity index is 228. The van der Waals surface area contributed by atoms with Gasteiger partial charge in [-0.05, 0) is 19.3 Å². The van der Waals surface area contributed by atoms with Gasteiger partial charge in [-0.3, -0.25) is 10.1 Å². The van der Waals surface area contributed by atoms with Crippen molar-refractivity contribution in [3.8, 4) is 12.3 Å². The molecule has 0 aromatic heterocycles. The van der Waals surface area contributed by atoms with Crippen LogP contribution < -0.4 is 5.32 Å². The van der Waals surface area contributed by atoms with Crippen molar-refractivity contribution in [2.75, 3.05) is 26.3 Å². The van der Waals surface area contributed by atoms with Crippen LogP contribution >= 0.6 is 0 Å². The molecule has 0 aliphatic carbocycles. The van der Waals surface area contributed by atoms with E-state index in [9.17, 15) is 4.79 Å². The van der Waals surface area contributed by atoms with Gasteiger partial charge in [-0.1, -0.05) is 5.92 Å². The number of hydrogen-bond acceptors (Lipinski definition) is 4. The number of carbonyl (C=O) groups excluding carboxylic acids is 1. The van der Waals surface area contributed by atoms with E-state index in [-0.39, 0.29) is 18.6 Å². The summed E-state index contributed by atoms with van der Waals surface area (Å²) in [5, 5.41) is 2.77. The molecule has 1 atom stereocenters. The zero-order valence-electron chi connectivity index (χ0n) is 8.83. The van der Waals surface area contributed by atoms with Gasteiger partial charge in [-0.25, -0.2) is 0 Å². The first-order chi connectivity index (χ1) is 7.33. The monoisotopic (exact) mass is 211 g/mol. The van der Waals surface area contributed by atoms with Gasteiger partial charge in [0, 0.05) is 6.61 Å². The van der Waals surface area contributed by atoms with E-state index in [1.807, 2.05) is 0 Å². The summed E-state index contributed by atoms with van der Waals surface area (Å²) in [5.74, 6) is 2.11. The minimum Gasteiger partial charge on any atom is -0.462 e. The van der Waals surface area contributed by atoms with E-state index < -0.39 is 0 Å². The second kappa shape index (κ2) is 7.27. The highest BCUT2D eigenvalue weighted by molar-refractivity contribution is 5.71. The molecule has 84 valence electrons. The molecular weight excluding hydrogens is 194 g/mol. The number of hydrogen-bond donors (Lipinski definition) is 1. The van der Waals surface area contributed by atoms with Gasteiger partial charge >= 0.3 is 5.97 Å². The van der Waals surface area contributed by atoms with Gasteiger partial charge in [0.1, 0.15) is 6.61 Å². The Morgan fingerprint density at radius 2 is 2.47 bits per heavy atom. The van der Waals surface area contributed by atoms with E-state index in [4.69, 9.17) is 15.9 Å². The largest absolute Gasteiger partial charge is 0.462 e. The molecule has 1 fully saturated rings. The quantitative estimate of drug-likeness (QED) is 0.404. The van der Waals surface area contributed by atoms with Crippen molar-refractivity contribution in [1.29, 1.82) is 0 Å². The van der Waals surface area contributed by atoms with E-state index in [0.717, 1.165) is 25.9 Å². The lowest BCUT2D eigenvalue weighted by Gasteiger charge is -2.22. The third-order valence-corrected chi connectivity index (χ3v) is 2.20. The summed E-state index contributed by atoms with van der Waals surface area (Å²) in [4.78, 5) is 11.2. The molecule has 4 heteroatoms. The molecule has 1 aliphatic heterocycles. The minimum atomic E-state index is -0.278. The fraction of sp³-hybridized carbons (Fsp3) is 0.727. The highest BCUT2D eigenvalue weighted by Gasteiger charge is 2.15. The van der Waals surface area contributed by atoms with Crippen molar-refractivity contribution in [2.45, 2.75) is 25.4 Å². The first-order valence-electron chi connectivity index (χ1n) is 5.24. The zero-order valence-corrected chi connectivity index (χ0v) is 8.83. The maximum absolute atomic E-state index is 11.2. The lowest BCUT2D eigenvalue weighted by Crippen LogP contribution is -2.30. The van der Waals surface area contributed by atoms with Gasteiger partial charge in [-0.2, -0.15) is 0 Å². The lowest BCUT2D eigenvalue weighted by molar-refractivity contribution is -0.147. The summed E-state index contributed by atoms with van der Waals surface area (Å²) < 4.78 is 10.5.